The van der Waals surface area contributed by atoms with Crippen molar-refractivity contribution in [3.8, 4) is 5.75 Å². The normalized spacial score (nSPS) is 10.4. The van der Waals surface area contributed by atoms with Gasteiger partial charge < -0.3 is 15.0 Å². The molecule has 2 aromatic carbocycles. The molecule has 0 saturated heterocycles. The van der Waals surface area contributed by atoms with Crippen molar-refractivity contribution in [1.82, 2.24) is 4.90 Å². The number of nitrogens with one attached hydrogen (secondary N) is 1. The van der Waals surface area contributed by atoms with Gasteiger partial charge in [-0.3, -0.25) is 9.59 Å². The Morgan fingerprint density at radius 1 is 1.00 bits per heavy atom. The molecule has 27 heavy (non-hydrogen) atoms. The second-order valence-corrected chi connectivity index (χ2v) is 6.83. The highest BCUT2D eigenvalue weighted by molar-refractivity contribution is 6.36. The Labute approximate surface area is 173 Å². The van der Waals surface area contributed by atoms with Crippen molar-refractivity contribution in [3.63, 3.8) is 0 Å². The lowest BCUT2D eigenvalue weighted by Crippen LogP contribution is -2.34. The van der Waals surface area contributed by atoms with Gasteiger partial charge in [-0.1, -0.05) is 34.8 Å². The lowest BCUT2D eigenvalue weighted by molar-refractivity contribution is -0.132. The molecule has 0 saturated carbocycles. The van der Waals surface area contributed by atoms with E-state index in [0.717, 1.165) is 0 Å². The lowest BCUT2D eigenvalue weighted by Gasteiger charge is -2.19. The van der Waals surface area contributed by atoms with E-state index in [4.69, 9.17) is 39.5 Å². The minimum absolute atomic E-state index is 0.106. The third kappa shape index (κ3) is 5.76. The number of ether oxygens (including phenoxy) is 1. The van der Waals surface area contributed by atoms with E-state index in [2.05, 4.69) is 5.32 Å². The van der Waals surface area contributed by atoms with Gasteiger partial charge in [0.1, 0.15) is 5.75 Å². The molecule has 0 bridgehead atoms. The molecular weight excluding hydrogens is 411 g/mol. The van der Waals surface area contributed by atoms with E-state index >= 15 is 0 Å². The predicted octanol–water partition coefficient (Wildman–Crippen LogP) is 5.15. The fourth-order valence-corrected chi connectivity index (χ4v) is 2.98. The molecule has 0 atom stereocenters. The van der Waals surface area contributed by atoms with Crippen molar-refractivity contribution in [2.75, 3.05) is 25.0 Å². The summed E-state index contributed by atoms with van der Waals surface area (Å²) in [5, 5.41) is 3.67. The van der Waals surface area contributed by atoms with Crippen LogP contribution < -0.4 is 10.1 Å². The van der Waals surface area contributed by atoms with Crippen LogP contribution in [0, 0.1) is 0 Å². The smallest absolute Gasteiger partial charge is 0.260 e. The van der Waals surface area contributed by atoms with Crippen molar-refractivity contribution in [2.24, 2.45) is 0 Å². The third-order valence-corrected chi connectivity index (χ3v) is 4.69. The quantitative estimate of drug-likeness (QED) is 0.662. The van der Waals surface area contributed by atoms with Gasteiger partial charge in [0.25, 0.3) is 11.8 Å². The molecule has 0 heterocycles. The fourth-order valence-electron chi connectivity index (χ4n) is 2.37. The Hall–Kier alpha value is -1.95. The molecule has 0 aromatic heterocycles. The maximum Gasteiger partial charge on any atom is 0.260 e. The van der Waals surface area contributed by atoms with Crippen molar-refractivity contribution in [3.05, 3.63) is 57.0 Å². The number of anilines is 1. The molecule has 144 valence electrons. The van der Waals surface area contributed by atoms with Gasteiger partial charge in [0.15, 0.2) is 6.61 Å². The zero-order valence-corrected chi connectivity index (χ0v) is 17.2. The van der Waals surface area contributed by atoms with Gasteiger partial charge in [0, 0.05) is 23.8 Å². The van der Waals surface area contributed by atoms with Crippen LogP contribution in [-0.4, -0.2) is 36.4 Å². The predicted molar refractivity (Wildman–Crippen MR) is 109 cm³/mol. The average molecular weight is 430 g/mol. The van der Waals surface area contributed by atoms with Crippen molar-refractivity contribution in [2.45, 2.75) is 13.8 Å². The number of hydrogen-bond donors (Lipinski definition) is 1. The van der Waals surface area contributed by atoms with Crippen molar-refractivity contribution >= 4 is 52.3 Å². The maximum atomic E-state index is 12.4. The van der Waals surface area contributed by atoms with E-state index in [1.165, 1.54) is 12.1 Å². The number of hydrogen-bond acceptors (Lipinski definition) is 3. The molecule has 8 heteroatoms. The summed E-state index contributed by atoms with van der Waals surface area (Å²) in [6.45, 7) is 4.92. The zero-order chi connectivity index (χ0) is 20.0. The number of carbonyl (C=O) groups excluding carboxylic acids is 2. The van der Waals surface area contributed by atoms with Crippen LogP contribution in [0.15, 0.2) is 36.4 Å². The summed E-state index contributed by atoms with van der Waals surface area (Å²) in [4.78, 5) is 26.0. The molecule has 0 spiro atoms. The summed E-state index contributed by atoms with van der Waals surface area (Å²) in [6.07, 6.45) is 0. The summed E-state index contributed by atoms with van der Waals surface area (Å²) in [5.41, 5.74) is 0.717. The molecule has 2 aromatic rings. The SMILES string of the molecule is CCN(CC)C(=O)COc1ccc(NC(=O)c2cc(Cl)ccc2Cl)cc1Cl. The van der Waals surface area contributed by atoms with Crippen LogP contribution in [0.4, 0.5) is 5.69 Å². The molecule has 0 aliphatic carbocycles. The average Bonchev–Trinajstić information content (AvgIpc) is 2.64. The van der Waals surface area contributed by atoms with Crippen LogP contribution in [0.25, 0.3) is 0 Å². The van der Waals surface area contributed by atoms with Gasteiger partial charge in [0.05, 0.1) is 15.6 Å². The Morgan fingerprint density at radius 2 is 1.70 bits per heavy atom. The van der Waals surface area contributed by atoms with E-state index in [1.807, 2.05) is 13.8 Å². The molecule has 0 fully saturated rings. The van der Waals surface area contributed by atoms with Gasteiger partial charge in [-0.25, -0.2) is 0 Å². The Balaban J connectivity index is 2.05. The van der Waals surface area contributed by atoms with Crippen LogP contribution in [0.1, 0.15) is 24.2 Å². The zero-order valence-electron chi connectivity index (χ0n) is 14.9. The number of nitrogens with zero attached hydrogens (tertiary/aromatic N) is 1. The highest BCUT2D eigenvalue weighted by Gasteiger charge is 2.14. The summed E-state index contributed by atoms with van der Waals surface area (Å²) in [6, 6.07) is 9.39. The molecule has 0 radical (unpaired) electrons. The van der Waals surface area contributed by atoms with Gasteiger partial charge in [-0.15, -0.1) is 0 Å². The van der Waals surface area contributed by atoms with Gasteiger partial charge in [0.2, 0.25) is 0 Å². The van der Waals surface area contributed by atoms with E-state index < -0.39 is 5.91 Å². The minimum Gasteiger partial charge on any atom is -0.482 e. The maximum absolute atomic E-state index is 12.4. The lowest BCUT2D eigenvalue weighted by atomic mass is 10.2. The molecule has 2 amide bonds. The molecule has 1 N–H and O–H groups in total. The van der Waals surface area contributed by atoms with Crippen molar-refractivity contribution in [1.29, 1.82) is 0 Å². The standard InChI is InChI=1S/C19H19Cl3N2O3/c1-3-24(4-2)18(25)11-27-17-8-6-13(10-16(17)22)23-19(26)14-9-12(20)5-7-15(14)21/h5-10H,3-4,11H2,1-2H3,(H,23,26). The number of benzene rings is 2. The highest BCUT2D eigenvalue weighted by Crippen LogP contribution is 2.29. The molecule has 0 aliphatic heterocycles. The van der Waals surface area contributed by atoms with Gasteiger partial charge >= 0.3 is 0 Å². The second-order valence-electron chi connectivity index (χ2n) is 5.58. The minimum atomic E-state index is -0.413. The Kier molecular flexibility index (Phi) is 7.78. The van der Waals surface area contributed by atoms with Gasteiger partial charge in [-0.05, 0) is 50.2 Å². The number of rotatable bonds is 7. The number of amides is 2. The van der Waals surface area contributed by atoms with Gasteiger partial charge in [-0.2, -0.15) is 0 Å². The van der Waals surface area contributed by atoms with Crippen molar-refractivity contribution < 1.29 is 14.3 Å². The highest BCUT2D eigenvalue weighted by atomic mass is 35.5. The monoisotopic (exact) mass is 428 g/mol. The summed E-state index contributed by atoms with van der Waals surface area (Å²) in [5.74, 6) is -0.177. The number of carbonyl (C=O) groups is 2. The topological polar surface area (TPSA) is 58.6 Å². The first-order chi connectivity index (χ1) is 12.8. The summed E-state index contributed by atoms with van der Waals surface area (Å²) in [7, 11) is 0. The fraction of sp³-hybridized carbons (Fsp3) is 0.263. The number of halogens is 3. The largest absolute Gasteiger partial charge is 0.482 e. The summed E-state index contributed by atoms with van der Waals surface area (Å²) < 4.78 is 5.49. The van der Waals surface area contributed by atoms with Crippen LogP contribution in [0.3, 0.4) is 0 Å². The molecule has 5 nitrogen and oxygen atoms in total. The van der Waals surface area contributed by atoms with E-state index in [-0.39, 0.29) is 28.1 Å². The van der Waals surface area contributed by atoms with Crippen LogP contribution in [0.5, 0.6) is 5.75 Å². The first-order valence-electron chi connectivity index (χ1n) is 8.32. The second kappa shape index (κ2) is 9.83. The molecule has 0 aliphatic rings. The molecular formula is C19H19Cl3N2O3. The number of likely N-dealkylation sites (N-methyl/N-ethyl adjacent to an activating group) is 1. The molecule has 2 rings (SSSR count). The van der Waals surface area contributed by atoms with E-state index in [1.54, 1.807) is 29.2 Å². The Bertz CT molecular complexity index is 839. The Morgan fingerprint density at radius 3 is 2.33 bits per heavy atom. The van der Waals surface area contributed by atoms with E-state index in [0.29, 0.717) is 29.5 Å². The summed E-state index contributed by atoms with van der Waals surface area (Å²) >= 11 is 18.1. The third-order valence-electron chi connectivity index (χ3n) is 3.83. The molecule has 0 unspecified atom stereocenters. The van der Waals surface area contributed by atoms with Crippen LogP contribution >= 0.6 is 34.8 Å². The first kappa shape index (κ1) is 21.4. The first-order valence-corrected chi connectivity index (χ1v) is 9.45. The van der Waals surface area contributed by atoms with Crippen LogP contribution in [-0.2, 0) is 4.79 Å². The van der Waals surface area contributed by atoms with E-state index in [9.17, 15) is 9.59 Å². The van der Waals surface area contributed by atoms with Crippen LogP contribution in [0.2, 0.25) is 15.1 Å².